The number of aromatic nitrogens is 2. The first-order valence-corrected chi connectivity index (χ1v) is 13.1. The number of nitrogens with zero attached hydrogens (tertiary/aromatic N) is 4. The van der Waals surface area contributed by atoms with Gasteiger partial charge in [0.2, 0.25) is 5.95 Å². The number of anilines is 2. The molecule has 6 heteroatoms. The third-order valence-corrected chi connectivity index (χ3v) is 7.31. The second-order valence-electron chi connectivity index (χ2n) is 9.65. The molecule has 3 aromatic carbocycles. The molecule has 3 heterocycles. The second kappa shape index (κ2) is 10.6. The molecular formula is C30H33N5O. The van der Waals surface area contributed by atoms with Crippen LogP contribution in [0.15, 0.2) is 84.9 Å². The van der Waals surface area contributed by atoms with Gasteiger partial charge in [0.25, 0.3) is 0 Å². The van der Waals surface area contributed by atoms with Gasteiger partial charge in [-0.25, -0.2) is 4.98 Å². The minimum absolute atomic E-state index is 0.246. The van der Waals surface area contributed by atoms with Crippen LogP contribution in [-0.2, 0) is 4.74 Å². The Bertz CT molecular complexity index is 1230. The summed E-state index contributed by atoms with van der Waals surface area (Å²) in [5.41, 5.74) is 3.64. The molecule has 2 aliphatic heterocycles. The van der Waals surface area contributed by atoms with E-state index in [2.05, 4.69) is 94.0 Å². The molecule has 0 bridgehead atoms. The van der Waals surface area contributed by atoms with E-state index in [0.717, 1.165) is 74.8 Å². The molecule has 0 aliphatic carbocycles. The predicted molar refractivity (Wildman–Crippen MR) is 146 cm³/mol. The van der Waals surface area contributed by atoms with Crippen LogP contribution in [-0.4, -0.2) is 60.3 Å². The van der Waals surface area contributed by atoms with Crippen molar-refractivity contribution in [3.8, 4) is 0 Å². The van der Waals surface area contributed by atoms with Gasteiger partial charge in [-0.1, -0.05) is 72.8 Å². The molecular weight excluding hydrogens is 446 g/mol. The van der Waals surface area contributed by atoms with Gasteiger partial charge in [0.15, 0.2) is 0 Å². The first kappa shape index (κ1) is 23.0. The number of fused-ring (bicyclic) bond motifs is 1. The fraction of sp³-hybridized carbons (Fsp3) is 0.333. The third kappa shape index (κ3) is 4.92. The van der Waals surface area contributed by atoms with E-state index in [-0.39, 0.29) is 12.1 Å². The summed E-state index contributed by atoms with van der Waals surface area (Å²) >= 11 is 0. The molecule has 2 aliphatic rings. The monoisotopic (exact) mass is 479 g/mol. The molecule has 1 unspecified atom stereocenters. The molecule has 36 heavy (non-hydrogen) atoms. The van der Waals surface area contributed by atoms with Crippen LogP contribution < -0.4 is 10.2 Å². The van der Waals surface area contributed by atoms with Crippen molar-refractivity contribution in [2.24, 2.45) is 0 Å². The lowest BCUT2D eigenvalue weighted by Gasteiger charge is -2.40. The Kier molecular flexibility index (Phi) is 6.79. The Morgan fingerprint density at radius 2 is 1.47 bits per heavy atom. The van der Waals surface area contributed by atoms with Crippen molar-refractivity contribution in [2.45, 2.75) is 25.0 Å². The number of para-hydroxylation sites is 1. The Balaban J connectivity index is 1.22. The zero-order valence-corrected chi connectivity index (χ0v) is 20.6. The molecule has 1 aromatic heterocycles. The smallest absolute Gasteiger partial charge is 0.227 e. The van der Waals surface area contributed by atoms with E-state index in [4.69, 9.17) is 14.7 Å². The van der Waals surface area contributed by atoms with Crippen LogP contribution >= 0.6 is 0 Å². The van der Waals surface area contributed by atoms with Gasteiger partial charge in [-0.05, 0) is 36.1 Å². The minimum atomic E-state index is 0.246. The van der Waals surface area contributed by atoms with Crippen LogP contribution in [0.5, 0.6) is 0 Å². The van der Waals surface area contributed by atoms with Gasteiger partial charge < -0.3 is 15.0 Å². The lowest BCUT2D eigenvalue weighted by molar-refractivity contribution is 0.120. The van der Waals surface area contributed by atoms with Crippen LogP contribution in [0.2, 0.25) is 0 Å². The number of ether oxygens (including phenoxy) is 1. The average Bonchev–Trinajstić information content (AvgIpc) is 3.47. The highest BCUT2D eigenvalue weighted by atomic mass is 16.5. The first-order valence-electron chi connectivity index (χ1n) is 13.1. The Morgan fingerprint density at radius 1 is 0.806 bits per heavy atom. The molecule has 1 atom stereocenters. The van der Waals surface area contributed by atoms with Crippen molar-refractivity contribution in [3.05, 3.63) is 96.1 Å². The topological polar surface area (TPSA) is 53.5 Å². The van der Waals surface area contributed by atoms with Crippen molar-refractivity contribution in [3.63, 3.8) is 0 Å². The number of hydrogen-bond donors (Lipinski definition) is 1. The average molecular weight is 480 g/mol. The summed E-state index contributed by atoms with van der Waals surface area (Å²) in [6.45, 7) is 5.31. The summed E-state index contributed by atoms with van der Waals surface area (Å²) in [6, 6.07) is 30.2. The van der Waals surface area contributed by atoms with E-state index in [1.807, 2.05) is 6.07 Å². The maximum absolute atomic E-state index is 5.82. The van der Waals surface area contributed by atoms with E-state index in [9.17, 15) is 0 Å². The lowest BCUT2D eigenvalue weighted by atomic mass is 9.96. The Labute approximate surface area is 212 Å². The molecule has 1 N–H and O–H groups in total. The summed E-state index contributed by atoms with van der Waals surface area (Å²) in [7, 11) is 0. The zero-order chi connectivity index (χ0) is 24.2. The molecule has 184 valence electrons. The van der Waals surface area contributed by atoms with Crippen LogP contribution in [0.4, 0.5) is 11.8 Å². The number of piperazine rings is 1. The maximum Gasteiger partial charge on any atom is 0.227 e. The van der Waals surface area contributed by atoms with Gasteiger partial charge in [-0.3, -0.25) is 4.90 Å². The van der Waals surface area contributed by atoms with Gasteiger partial charge in [-0.2, -0.15) is 4.98 Å². The molecule has 6 nitrogen and oxygen atoms in total. The molecule has 4 aromatic rings. The van der Waals surface area contributed by atoms with E-state index in [0.29, 0.717) is 0 Å². The highest BCUT2D eigenvalue weighted by Crippen LogP contribution is 2.31. The quantitative estimate of drug-likeness (QED) is 0.397. The van der Waals surface area contributed by atoms with Crippen LogP contribution in [0.1, 0.15) is 30.0 Å². The van der Waals surface area contributed by atoms with Crippen LogP contribution in [0, 0.1) is 0 Å². The highest BCUT2D eigenvalue weighted by molar-refractivity contribution is 5.90. The Morgan fingerprint density at radius 3 is 2.14 bits per heavy atom. The van der Waals surface area contributed by atoms with Crippen molar-refractivity contribution < 1.29 is 4.74 Å². The number of nitrogens with one attached hydrogen (secondary N) is 1. The number of benzene rings is 3. The van der Waals surface area contributed by atoms with Gasteiger partial charge >= 0.3 is 0 Å². The van der Waals surface area contributed by atoms with Crippen molar-refractivity contribution in [2.75, 3.05) is 49.5 Å². The summed E-state index contributed by atoms with van der Waals surface area (Å²) in [6.07, 6.45) is 2.51. The fourth-order valence-corrected chi connectivity index (χ4v) is 5.42. The molecule has 6 rings (SSSR count). The van der Waals surface area contributed by atoms with Crippen molar-refractivity contribution in [1.29, 1.82) is 0 Å². The van der Waals surface area contributed by atoms with Gasteiger partial charge in [0, 0.05) is 44.7 Å². The standard InChI is InChI=1S/C30H33N5O/c1-3-10-23(11-4-1)28(24-12-5-2-6-13-24)34-17-19-35(20-18-34)30-32-27-16-8-7-15-26(27)29(33-30)31-22-25-14-9-21-36-25/h1-8,10-13,15-16,25,28H,9,14,17-22H2,(H,31,32,33). The van der Waals surface area contributed by atoms with E-state index in [1.54, 1.807) is 0 Å². The van der Waals surface area contributed by atoms with Gasteiger partial charge in [0.1, 0.15) is 5.82 Å². The molecule has 2 fully saturated rings. The van der Waals surface area contributed by atoms with Crippen molar-refractivity contribution in [1.82, 2.24) is 14.9 Å². The lowest BCUT2D eigenvalue weighted by Crippen LogP contribution is -2.48. The second-order valence-corrected chi connectivity index (χ2v) is 9.65. The van der Waals surface area contributed by atoms with E-state index < -0.39 is 0 Å². The third-order valence-electron chi connectivity index (χ3n) is 7.31. The van der Waals surface area contributed by atoms with Crippen molar-refractivity contribution >= 4 is 22.7 Å². The first-order chi connectivity index (χ1) is 17.8. The fourth-order valence-electron chi connectivity index (χ4n) is 5.42. The molecule has 2 saturated heterocycles. The Hall–Kier alpha value is -3.48. The molecule has 0 amide bonds. The summed E-state index contributed by atoms with van der Waals surface area (Å²) in [5, 5.41) is 4.63. The predicted octanol–water partition coefficient (Wildman–Crippen LogP) is 5.13. The van der Waals surface area contributed by atoms with Gasteiger partial charge in [0.05, 0.1) is 17.7 Å². The summed E-state index contributed by atoms with van der Waals surface area (Å²) in [5.74, 6) is 1.71. The zero-order valence-electron chi connectivity index (χ0n) is 20.6. The largest absolute Gasteiger partial charge is 0.376 e. The number of hydrogen-bond acceptors (Lipinski definition) is 6. The van der Waals surface area contributed by atoms with Crippen LogP contribution in [0.3, 0.4) is 0 Å². The summed E-state index contributed by atoms with van der Waals surface area (Å²) < 4.78 is 5.82. The summed E-state index contributed by atoms with van der Waals surface area (Å²) in [4.78, 5) is 14.9. The highest BCUT2D eigenvalue weighted by Gasteiger charge is 2.28. The number of rotatable bonds is 7. The maximum atomic E-state index is 5.82. The van der Waals surface area contributed by atoms with E-state index >= 15 is 0 Å². The van der Waals surface area contributed by atoms with E-state index in [1.165, 1.54) is 11.1 Å². The van der Waals surface area contributed by atoms with Gasteiger partial charge in [-0.15, -0.1) is 0 Å². The molecule has 0 saturated carbocycles. The molecule has 0 radical (unpaired) electrons. The molecule has 0 spiro atoms. The normalized spacial score (nSPS) is 18.7. The minimum Gasteiger partial charge on any atom is -0.376 e. The SMILES string of the molecule is c1ccc(C(c2ccccc2)N2CCN(c3nc(NCC4CCCO4)c4ccccc4n3)CC2)cc1. The van der Waals surface area contributed by atoms with Crippen LogP contribution in [0.25, 0.3) is 10.9 Å².